The van der Waals surface area contributed by atoms with E-state index >= 15 is 0 Å². The molecule has 1 aromatic carbocycles. The maximum atomic E-state index is 11.0. The lowest BCUT2D eigenvalue weighted by Crippen LogP contribution is -1.87. The molecule has 2 heteroatoms. The Morgan fingerprint density at radius 1 is 1.33 bits per heavy atom. The van der Waals surface area contributed by atoms with Gasteiger partial charge < -0.3 is 4.98 Å². The first kappa shape index (κ1) is 9.97. The third-order valence-electron chi connectivity index (χ3n) is 2.84. The van der Waals surface area contributed by atoms with E-state index in [0.717, 1.165) is 28.4 Å². The van der Waals surface area contributed by atoms with Crippen molar-refractivity contribution in [3.05, 3.63) is 35.0 Å². The summed E-state index contributed by atoms with van der Waals surface area (Å²) >= 11 is 0. The Bertz CT molecular complexity index is 508. The number of rotatable bonds is 2. The van der Waals surface area contributed by atoms with E-state index in [1.807, 2.05) is 13.0 Å². The van der Waals surface area contributed by atoms with Crippen LogP contribution in [0.5, 0.6) is 0 Å². The highest BCUT2D eigenvalue weighted by Crippen LogP contribution is 2.25. The van der Waals surface area contributed by atoms with Crippen molar-refractivity contribution in [1.82, 2.24) is 4.98 Å². The molecule has 0 aliphatic heterocycles. The molecule has 0 saturated carbocycles. The van der Waals surface area contributed by atoms with Crippen LogP contribution >= 0.6 is 0 Å². The van der Waals surface area contributed by atoms with Crippen LogP contribution in [0.4, 0.5) is 0 Å². The average molecular weight is 201 g/mol. The summed E-state index contributed by atoms with van der Waals surface area (Å²) in [5.41, 5.74) is 4.04. The molecule has 1 aromatic heterocycles. The number of hydrogen-bond donors (Lipinski definition) is 1. The molecule has 1 N–H and O–H groups in total. The van der Waals surface area contributed by atoms with Crippen LogP contribution in [0.25, 0.3) is 10.9 Å². The summed E-state index contributed by atoms with van der Waals surface area (Å²) in [6.07, 6.45) is 0.929. The standard InChI is InChI=1S/C13H15NO/c1-8(2)10-4-5-13-11(6-10)12(7-15)9(3)14-13/h4-8,14H,1-3H3. The Labute approximate surface area is 89.3 Å². The number of fused-ring (bicyclic) bond motifs is 1. The summed E-state index contributed by atoms with van der Waals surface area (Å²) in [4.78, 5) is 14.2. The summed E-state index contributed by atoms with van der Waals surface area (Å²) in [6, 6.07) is 6.26. The Balaban J connectivity index is 2.73. The van der Waals surface area contributed by atoms with Gasteiger partial charge in [0, 0.05) is 22.2 Å². The van der Waals surface area contributed by atoms with Crippen LogP contribution in [0.2, 0.25) is 0 Å². The number of H-pyrrole nitrogens is 1. The zero-order valence-corrected chi connectivity index (χ0v) is 9.29. The van der Waals surface area contributed by atoms with Gasteiger partial charge in [-0.05, 0) is 30.5 Å². The van der Waals surface area contributed by atoms with E-state index in [9.17, 15) is 4.79 Å². The number of aromatic amines is 1. The van der Waals surface area contributed by atoms with E-state index < -0.39 is 0 Å². The highest BCUT2D eigenvalue weighted by Gasteiger charge is 2.08. The first-order valence-corrected chi connectivity index (χ1v) is 5.21. The van der Waals surface area contributed by atoms with Crippen LogP contribution in [0, 0.1) is 6.92 Å². The number of carbonyl (C=O) groups excluding carboxylic acids is 1. The number of aldehydes is 1. The minimum atomic E-state index is 0.490. The number of aromatic nitrogens is 1. The molecule has 2 nitrogen and oxygen atoms in total. The second-order valence-corrected chi connectivity index (χ2v) is 4.24. The zero-order chi connectivity index (χ0) is 11.0. The van der Waals surface area contributed by atoms with Gasteiger partial charge in [0.05, 0.1) is 0 Å². The molecule has 0 unspecified atom stereocenters. The van der Waals surface area contributed by atoms with Crippen molar-refractivity contribution in [3.63, 3.8) is 0 Å². The summed E-state index contributed by atoms with van der Waals surface area (Å²) in [6.45, 7) is 6.24. The van der Waals surface area contributed by atoms with Crippen LogP contribution < -0.4 is 0 Å². The fourth-order valence-corrected chi connectivity index (χ4v) is 1.88. The highest BCUT2D eigenvalue weighted by atomic mass is 16.1. The zero-order valence-electron chi connectivity index (χ0n) is 9.29. The van der Waals surface area contributed by atoms with Crippen molar-refractivity contribution in [2.24, 2.45) is 0 Å². The van der Waals surface area contributed by atoms with E-state index in [2.05, 4.69) is 31.0 Å². The molecule has 0 aliphatic carbocycles. The lowest BCUT2D eigenvalue weighted by Gasteiger charge is -2.04. The van der Waals surface area contributed by atoms with Gasteiger partial charge in [0.25, 0.3) is 0 Å². The smallest absolute Gasteiger partial charge is 0.152 e. The van der Waals surface area contributed by atoms with Gasteiger partial charge in [0.1, 0.15) is 0 Å². The van der Waals surface area contributed by atoms with E-state index in [0.29, 0.717) is 5.92 Å². The molecule has 1 heterocycles. The minimum absolute atomic E-state index is 0.490. The second-order valence-electron chi connectivity index (χ2n) is 4.24. The average Bonchev–Trinajstić information content (AvgIpc) is 2.51. The SMILES string of the molecule is Cc1[nH]c2ccc(C(C)C)cc2c1C=O. The molecular weight excluding hydrogens is 186 g/mol. The van der Waals surface area contributed by atoms with Gasteiger partial charge in [-0.3, -0.25) is 4.79 Å². The van der Waals surface area contributed by atoms with Gasteiger partial charge in [-0.1, -0.05) is 19.9 Å². The van der Waals surface area contributed by atoms with Gasteiger partial charge >= 0.3 is 0 Å². The highest BCUT2D eigenvalue weighted by molar-refractivity contribution is 5.99. The third kappa shape index (κ3) is 1.56. The molecule has 2 aromatic rings. The van der Waals surface area contributed by atoms with Crippen LogP contribution in [0.15, 0.2) is 18.2 Å². The molecule has 0 spiro atoms. The van der Waals surface area contributed by atoms with E-state index in [-0.39, 0.29) is 0 Å². The summed E-state index contributed by atoms with van der Waals surface area (Å²) in [7, 11) is 0. The molecule has 0 fully saturated rings. The van der Waals surface area contributed by atoms with Crippen LogP contribution in [0.1, 0.15) is 41.4 Å². The molecule has 0 amide bonds. The maximum Gasteiger partial charge on any atom is 0.152 e. The van der Waals surface area contributed by atoms with Crippen molar-refractivity contribution in [2.45, 2.75) is 26.7 Å². The predicted molar refractivity (Wildman–Crippen MR) is 62.5 cm³/mol. The first-order valence-electron chi connectivity index (χ1n) is 5.21. The van der Waals surface area contributed by atoms with Crippen molar-refractivity contribution in [1.29, 1.82) is 0 Å². The van der Waals surface area contributed by atoms with Gasteiger partial charge in [-0.15, -0.1) is 0 Å². The molecule has 2 rings (SSSR count). The summed E-state index contributed by atoms with van der Waals surface area (Å²) < 4.78 is 0. The number of aryl methyl sites for hydroxylation is 1. The van der Waals surface area contributed by atoms with Gasteiger partial charge in [-0.2, -0.15) is 0 Å². The summed E-state index contributed by atoms with van der Waals surface area (Å²) in [5, 5.41) is 1.04. The minimum Gasteiger partial charge on any atom is -0.358 e. The Morgan fingerprint density at radius 3 is 2.67 bits per heavy atom. The molecule has 0 saturated heterocycles. The molecule has 78 valence electrons. The van der Waals surface area contributed by atoms with E-state index in [1.54, 1.807) is 0 Å². The lowest BCUT2D eigenvalue weighted by molar-refractivity contribution is 0.112. The Kier molecular flexibility index (Phi) is 2.35. The maximum absolute atomic E-state index is 11.0. The molecule has 0 atom stereocenters. The third-order valence-corrected chi connectivity index (χ3v) is 2.84. The van der Waals surface area contributed by atoms with Crippen molar-refractivity contribution in [3.8, 4) is 0 Å². The normalized spacial score (nSPS) is 11.2. The fourth-order valence-electron chi connectivity index (χ4n) is 1.88. The van der Waals surface area contributed by atoms with Crippen molar-refractivity contribution >= 4 is 17.2 Å². The monoisotopic (exact) mass is 201 g/mol. The molecule has 0 aliphatic rings. The second kappa shape index (κ2) is 3.54. The molecular formula is C13H15NO. The van der Waals surface area contributed by atoms with Crippen molar-refractivity contribution in [2.75, 3.05) is 0 Å². The van der Waals surface area contributed by atoms with Crippen LogP contribution in [0.3, 0.4) is 0 Å². The van der Waals surface area contributed by atoms with Crippen LogP contribution in [-0.2, 0) is 0 Å². The summed E-state index contributed by atoms with van der Waals surface area (Å²) in [5.74, 6) is 0.490. The number of carbonyl (C=O) groups is 1. The van der Waals surface area contributed by atoms with Crippen LogP contribution in [-0.4, -0.2) is 11.3 Å². The number of benzene rings is 1. The molecule has 15 heavy (non-hydrogen) atoms. The Morgan fingerprint density at radius 2 is 2.07 bits per heavy atom. The molecule has 0 radical (unpaired) electrons. The fraction of sp³-hybridized carbons (Fsp3) is 0.308. The quantitative estimate of drug-likeness (QED) is 0.742. The Hall–Kier alpha value is -1.57. The predicted octanol–water partition coefficient (Wildman–Crippen LogP) is 3.41. The lowest BCUT2D eigenvalue weighted by atomic mass is 10.0. The first-order chi connectivity index (χ1) is 7.13. The van der Waals surface area contributed by atoms with Gasteiger partial charge in [0.15, 0.2) is 6.29 Å². The number of hydrogen-bond acceptors (Lipinski definition) is 1. The van der Waals surface area contributed by atoms with Crippen molar-refractivity contribution < 1.29 is 4.79 Å². The molecule has 0 bridgehead atoms. The largest absolute Gasteiger partial charge is 0.358 e. The topological polar surface area (TPSA) is 32.9 Å². The van der Waals surface area contributed by atoms with Gasteiger partial charge in [0.2, 0.25) is 0 Å². The van der Waals surface area contributed by atoms with E-state index in [1.165, 1.54) is 5.56 Å². The van der Waals surface area contributed by atoms with E-state index in [4.69, 9.17) is 0 Å². The number of nitrogens with one attached hydrogen (secondary N) is 1. The van der Waals surface area contributed by atoms with Gasteiger partial charge in [-0.25, -0.2) is 0 Å².